The number of nitro groups is 1. The van der Waals surface area contributed by atoms with E-state index in [9.17, 15) is 23.3 Å². The van der Waals surface area contributed by atoms with Gasteiger partial charge in [0.2, 0.25) is 11.8 Å². The minimum absolute atomic E-state index is 0.120. The summed E-state index contributed by atoms with van der Waals surface area (Å²) in [6.07, 6.45) is 4.56. The minimum atomic E-state index is -3.28. The van der Waals surface area contributed by atoms with Crippen molar-refractivity contribution in [3.63, 3.8) is 0 Å². The molecule has 0 unspecified atom stereocenters. The molecule has 3 aromatic heterocycles. The first-order chi connectivity index (χ1) is 14.8. The smallest absolute Gasteiger partial charge is 0.387 e. The zero-order chi connectivity index (χ0) is 22.1. The zero-order valence-electron chi connectivity index (χ0n) is 15.7. The van der Waals surface area contributed by atoms with Gasteiger partial charge in [0.1, 0.15) is 12.0 Å². The third-order valence-corrected chi connectivity index (χ3v) is 4.25. The highest BCUT2D eigenvalue weighted by Gasteiger charge is 2.22. The lowest BCUT2D eigenvalue weighted by Crippen LogP contribution is -2.07. The van der Waals surface area contributed by atoms with Crippen LogP contribution in [0.4, 0.5) is 30.5 Å². The molecule has 4 rings (SSSR count). The number of hydrogen-bond acceptors (Lipinski definition) is 8. The number of anilines is 2. The van der Waals surface area contributed by atoms with Crippen molar-refractivity contribution in [2.24, 2.45) is 7.05 Å². The lowest BCUT2D eigenvalue weighted by molar-refractivity contribution is -0.387. The number of halogens is 3. The van der Waals surface area contributed by atoms with Crippen molar-refractivity contribution < 1.29 is 22.8 Å². The first-order valence-corrected chi connectivity index (χ1v) is 8.62. The summed E-state index contributed by atoms with van der Waals surface area (Å²) in [6, 6.07) is 4.79. The number of aromatic nitrogens is 5. The summed E-state index contributed by atoms with van der Waals surface area (Å²) < 4.78 is 45.3. The summed E-state index contributed by atoms with van der Waals surface area (Å²) in [5.74, 6) is -1.85. The Morgan fingerprint density at radius 2 is 2.06 bits per heavy atom. The van der Waals surface area contributed by atoms with Crippen molar-refractivity contribution in [3.05, 3.63) is 58.9 Å². The number of hydrogen-bond donors (Lipinski definition) is 1. The average molecular weight is 431 g/mol. The number of pyridine rings is 1. The van der Waals surface area contributed by atoms with Crippen LogP contribution in [0.5, 0.6) is 5.75 Å². The molecule has 13 heteroatoms. The van der Waals surface area contributed by atoms with E-state index in [0.29, 0.717) is 17.3 Å². The Morgan fingerprint density at radius 1 is 1.26 bits per heavy atom. The van der Waals surface area contributed by atoms with Gasteiger partial charge in [-0.15, -0.1) is 0 Å². The number of rotatable bonds is 6. The van der Waals surface area contributed by atoms with E-state index in [4.69, 9.17) is 0 Å². The van der Waals surface area contributed by atoms with Crippen molar-refractivity contribution in [2.75, 3.05) is 5.32 Å². The molecule has 0 amide bonds. The Hall–Kier alpha value is -4.29. The highest BCUT2D eigenvalue weighted by Crippen LogP contribution is 2.35. The monoisotopic (exact) mass is 431 g/mol. The summed E-state index contributed by atoms with van der Waals surface area (Å²) >= 11 is 0. The molecule has 31 heavy (non-hydrogen) atoms. The van der Waals surface area contributed by atoms with Gasteiger partial charge >= 0.3 is 12.3 Å². The van der Waals surface area contributed by atoms with Crippen LogP contribution in [0.25, 0.3) is 22.4 Å². The van der Waals surface area contributed by atoms with E-state index < -0.39 is 28.8 Å². The lowest BCUT2D eigenvalue weighted by Gasteiger charge is -2.12. The summed E-state index contributed by atoms with van der Waals surface area (Å²) in [5, 5.41) is 14.3. The van der Waals surface area contributed by atoms with E-state index in [2.05, 4.69) is 30.0 Å². The maximum atomic E-state index is 13.9. The molecule has 1 N–H and O–H groups in total. The van der Waals surface area contributed by atoms with Gasteiger partial charge in [-0.05, 0) is 12.1 Å². The molecule has 0 saturated heterocycles. The van der Waals surface area contributed by atoms with Crippen LogP contribution in [0.1, 0.15) is 0 Å². The average Bonchev–Trinajstić information content (AvgIpc) is 3.06. The van der Waals surface area contributed by atoms with E-state index in [0.717, 1.165) is 11.5 Å². The Labute approximate surface area is 171 Å². The predicted molar refractivity (Wildman–Crippen MR) is 103 cm³/mol. The molecule has 0 bridgehead atoms. The summed E-state index contributed by atoms with van der Waals surface area (Å²) in [4.78, 5) is 26.6. The van der Waals surface area contributed by atoms with Crippen LogP contribution in [0, 0.1) is 15.9 Å². The number of nitrogens with zero attached hydrogens (tertiary/aromatic N) is 6. The van der Waals surface area contributed by atoms with Crippen molar-refractivity contribution in [3.8, 4) is 17.1 Å². The number of nitro benzene ring substituents is 1. The number of fused-ring (bicyclic) bond motifs is 1. The largest absolute Gasteiger partial charge is 0.432 e. The zero-order valence-corrected chi connectivity index (χ0v) is 15.7. The number of alkyl halides is 2. The fourth-order valence-corrected chi connectivity index (χ4v) is 2.97. The van der Waals surface area contributed by atoms with E-state index >= 15 is 0 Å². The van der Waals surface area contributed by atoms with Crippen LogP contribution in [0.3, 0.4) is 0 Å². The first-order valence-electron chi connectivity index (χ1n) is 8.62. The summed E-state index contributed by atoms with van der Waals surface area (Å²) in [5.41, 5.74) is 0.0723. The topological polar surface area (TPSA) is 121 Å². The molecular formula is C18H12F3N7O3. The van der Waals surface area contributed by atoms with Gasteiger partial charge in [-0.3, -0.25) is 10.1 Å². The second kappa shape index (κ2) is 7.85. The fraction of sp³-hybridized carbons (Fsp3) is 0.111. The molecule has 0 aliphatic heterocycles. The Bertz CT molecular complexity index is 1300. The SMILES string of the molecule is Cn1cc(-c2ncnc(Nc3cc([N+](=O)[O-])c(F)cc3OC(F)F)n2)c2cccnc21. The Morgan fingerprint density at radius 3 is 2.81 bits per heavy atom. The van der Waals surface area contributed by atoms with Gasteiger partial charge in [-0.25, -0.2) is 15.0 Å². The molecule has 10 nitrogen and oxygen atoms in total. The highest BCUT2D eigenvalue weighted by molar-refractivity contribution is 5.92. The van der Waals surface area contributed by atoms with Crippen LogP contribution in [0.15, 0.2) is 43.0 Å². The number of nitrogens with one attached hydrogen (secondary N) is 1. The second-order valence-corrected chi connectivity index (χ2v) is 6.22. The van der Waals surface area contributed by atoms with Crippen LogP contribution in [-0.2, 0) is 7.05 Å². The highest BCUT2D eigenvalue weighted by atomic mass is 19.3. The molecule has 0 spiro atoms. The van der Waals surface area contributed by atoms with Crippen molar-refractivity contribution in [1.82, 2.24) is 24.5 Å². The van der Waals surface area contributed by atoms with Crippen molar-refractivity contribution >= 4 is 28.4 Å². The predicted octanol–water partition coefficient (Wildman–Crippen LogP) is 3.82. The molecule has 0 fully saturated rings. The third kappa shape index (κ3) is 3.92. The van der Waals surface area contributed by atoms with Gasteiger partial charge in [-0.1, -0.05) is 0 Å². The molecule has 1 aromatic carbocycles. The molecule has 0 saturated carbocycles. The molecule has 0 aliphatic carbocycles. The van der Waals surface area contributed by atoms with Crippen LogP contribution >= 0.6 is 0 Å². The maximum absolute atomic E-state index is 13.9. The van der Waals surface area contributed by atoms with Crippen molar-refractivity contribution in [1.29, 1.82) is 0 Å². The van der Waals surface area contributed by atoms with E-state index in [-0.39, 0.29) is 17.5 Å². The van der Waals surface area contributed by atoms with E-state index in [1.54, 1.807) is 30.1 Å². The van der Waals surface area contributed by atoms with E-state index in [1.807, 2.05) is 6.07 Å². The third-order valence-electron chi connectivity index (χ3n) is 4.25. The van der Waals surface area contributed by atoms with Crippen LogP contribution < -0.4 is 10.1 Å². The summed E-state index contributed by atoms with van der Waals surface area (Å²) in [7, 11) is 1.80. The maximum Gasteiger partial charge on any atom is 0.387 e. The lowest BCUT2D eigenvalue weighted by atomic mass is 10.2. The van der Waals surface area contributed by atoms with Crippen LogP contribution in [0.2, 0.25) is 0 Å². The molecule has 3 heterocycles. The van der Waals surface area contributed by atoms with Crippen molar-refractivity contribution in [2.45, 2.75) is 6.61 Å². The Balaban J connectivity index is 1.75. The normalized spacial score (nSPS) is 11.1. The molecule has 0 aliphatic rings. The number of aryl methyl sites for hydroxylation is 1. The minimum Gasteiger partial charge on any atom is -0.432 e. The van der Waals surface area contributed by atoms with Gasteiger partial charge < -0.3 is 14.6 Å². The van der Waals surface area contributed by atoms with Gasteiger partial charge in [0.25, 0.3) is 0 Å². The van der Waals surface area contributed by atoms with E-state index in [1.165, 1.54) is 6.33 Å². The molecule has 4 aromatic rings. The van der Waals surface area contributed by atoms with Gasteiger partial charge in [0.05, 0.1) is 10.6 Å². The fourth-order valence-electron chi connectivity index (χ4n) is 2.97. The first kappa shape index (κ1) is 20.0. The quantitative estimate of drug-likeness (QED) is 0.361. The number of ether oxygens (including phenoxy) is 1. The molecular weight excluding hydrogens is 419 g/mol. The standard InChI is InChI=1S/C18H12F3N7O3/c1-27-7-10(9-3-2-4-22-16(9)27)15-23-8-24-18(26-15)25-12-6-13(28(29)30)11(19)5-14(12)31-17(20)21/h2-8,17H,1H3,(H,23,24,25,26). The number of benzene rings is 1. The summed E-state index contributed by atoms with van der Waals surface area (Å²) in [6.45, 7) is -3.28. The molecule has 158 valence electrons. The second-order valence-electron chi connectivity index (χ2n) is 6.22. The Kier molecular flexibility index (Phi) is 5.07. The molecule has 0 radical (unpaired) electrons. The van der Waals surface area contributed by atoms with Gasteiger partial charge in [0.15, 0.2) is 11.6 Å². The van der Waals surface area contributed by atoms with Crippen LogP contribution in [-0.4, -0.2) is 36.0 Å². The molecule has 0 atom stereocenters. The van der Waals surface area contributed by atoms with Gasteiger partial charge in [0, 0.05) is 42.5 Å². The van der Waals surface area contributed by atoms with Gasteiger partial charge in [-0.2, -0.15) is 18.2 Å².